The molecule has 0 atom stereocenters. The van der Waals surface area contributed by atoms with E-state index in [2.05, 4.69) is 5.32 Å². The van der Waals surface area contributed by atoms with Gasteiger partial charge in [0.2, 0.25) is 10.0 Å². The minimum atomic E-state index is -3.83. The van der Waals surface area contributed by atoms with Gasteiger partial charge in [-0.1, -0.05) is 19.9 Å². The van der Waals surface area contributed by atoms with Gasteiger partial charge in [0.05, 0.1) is 10.5 Å². The number of nitrogens with one attached hydrogen (secondary N) is 1. The predicted molar refractivity (Wildman–Crippen MR) is 90.9 cm³/mol. The van der Waals surface area contributed by atoms with E-state index in [4.69, 9.17) is 0 Å². The topological polar surface area (TPSA) is 66.5 Å². The molecule has 0 fully saturated rings. The van der Waals surface area contributed by atoms with Gasteiger partial charge in [0, 0.05) is 18.8 Å². The van der Waals surface area contributed by atoms with Gasteiger partial charge < -0.3 is 5.32 Å². The Balaban J connectivity index is 2.37. The van der Waals surface area contributed by atoms with Gasteiger partial charge >= 0.3 is 0 Å². The van der Waals surface area contributed by atoms with Crippen LogP contribution in [-0.4, -0.2) is 31.7 Å². The standard InChI is InChI=1S/C17H18F2N2O3S/c1-3-21(4-2)25(23,24)14-8-9-16(19)15(11-14)17(22)20-13-7-5-6-12(18)10-13/h5-11H,3-4H2,1-2H3,(H,20,22). The van der Waals surface area contributed by atoms with Crippen molar-refractivity contribution in [2.24, 2.45) is 0 Å². The summed E-state index contributed by atoms with van der Waals surface area (Å²) >= 11 is 0. The van der Waals surface area contributed by atoms with Crippen molar-refractivity contribution in [3.63, 3.8) is 0 Å². The molecular formula is C17H18F2N2O3S. The second-order valence-corrected chi connectivity index (χ2v) is 7.13. The number of halogens is 2. The van der Waals surface area contributed by atoms with Crippen molar-refractivity contribution in [3.05, 3.63) is 59.7 Å². The minimum Gasteiger partial charge on any atom is -0.322 e. The molecule has 0 saturated heterocycles. The van der Waals surface area contributed by atoms with Gasteiger partial charge in [-0.15, -0.1) is 0 Å². The van der Waals surface area contributed by atoms with E-state index < -0.39 is 33.1 Å². The molecule has 0 radical (unpaired) electrons. The fourth-order valence-electron chi connectivity index (χ4n) is 2.32. The monoisotopic (exact) mass is 368 g/mol. The lowest BCUT2D eigenvalue weighted by atomic mass is 10.2. The highest BCUT2D eigenvalue weighted by atomic mass is 32.2. The SMILES string of the molecule is CCN(CC)S(=O)(=O)c1ccc(F)c(C(=O)Nc2cccc(F)c2)c1. The van der Waals surface area contributed by atoms with E-state index >= 15 is 0 Å². The van der Waals surface area contributed by atoms with Gasteiger partial charge in [0.1, 0.15) is 11.6 Å². The number of hydrogen-bond acceptors (Lipinski definition) is 3. The molecule has 0 aliphatic heterocycles. The lowest BCUT2D eigenvalue weighted by Gasteiger charge is -2.19. The smallest absolute Gasteiger partial charge is 0.258 e. The number of benzene rings is 2. The molecule has 0 aliphatic rings. The molecule has 0 aliphatic carbocycles. The molecule has 8 heteroatoms. The molecule has 2 rings (SSSR count). The number of carbonyl (C=O) groups excluding carboxylic acids is 1. The Morgan fingerprint density at radius 1 is 1.08 bits per heavy atom. The average Bonchev–Trinajstić information content (AvgIpc) is 2.55. The van der Waals surface area contributed by atoms with Crippen LogP contribution in [-0.2, 0) is 10.0 Å². The van der Waals surface area contributed by atoms with Crippen LogP contribution in [0.1, 0.15) is 24.2 Å². The number of carbonyl (C=O) groups is 1. The molecule has 0 unspecified atom stereocenters. The van der Waals surface area contributed by atoms with Crippen LogP contribution in [0.4, 0.5) is 14.5 Å². The van der Waals surface area contributed by atoms with E-state index in [1.54, 1.807) is 13.8 Å². The number of nitrogens with zero attached hydrogens (tertiary/aromatic N) is 1. The predicted octanol–water partition coefficient (Wildman–Crippen LogP) is 3.25. The van der Waals surface area contributed by atoms with Crippen molar-refractivity contribution >= 4 is 21.6 Å². The van der Waals surface area contributed by atoms with Gasteiger partial charge in [-0.3, -0.25) is 4.79 Å². The largest absolute Gasteiger partial charge is 0.322 e. The first-order valence-corrected chi connectivity index (χ1v) is 9.10. The number of rotatable bonds is 6. The molecule has 0 aromatic heterocycles. The number of hydrogen-bond donors (Lipinski definition) is 1. The Kier molecular flexibility index (Phi) is 5.86. The van der Waals surface area contributed by atoms with Crippen LogP contribution in [0.2, 0.25) is 0 Å². The van der Waals surface area contributed by atoms with Crippen molar-refractivity contribution in [1.29, 1.82) is 0 Å². The first kappa shape index (κ1) is 19.0. The maximum atomic E-state index is 14.0. The van der Waals surface area contributed by atoms with Crippen molar-refractivity contribution in [2.45, 2.75) is 18.7 Å². The summed E-state index contributed by atoms with van der Waals surface area (Å²) in [5, 5.41) is 2.35. The summed E-state index contributed by atoms with van der Waals surface area (Å²) in [6.07, 6.45) is 0. The maximum absolute atomic E-state index is 14.0. The molecule has 25 heavy (non-hydrogen) atoms. The number of anilines is 1. The summed E-state index contributed by atoms with van der Waals surface area (Å²) < 4.78 is 53.4. The molecule has 1 N–H and O–H groups in total. The van der Waals surface area contributed by atoms with E-state index in [0.29, 0.717) is 0 Å². The molecule has 0 saturated carbocycles. The summed E-state index contributed by atoms with van der Waals surface area (Å²) in [5.41, 5.74) is -0.293. The highest BCUT2D eigenvalue weighted by Crippen LogP contribution is 2.20. The zero-order valence-electron chi connectivity index (χ0n) is 13.8. The lowest BCUT2D eigenvalue weighted by Crippen LogP contribution is -2.31. The van der Waals surface area contributed by atoms with Gasteiger partial charge in [-0.25, -0.2) is 17.2 Å². The summed E-state index contributed by atoms with van der Waals surface area (Å²) in [5.74, 6) is -2.29. The van der Waals surface area contributed by atoms with Crippen LogP contribution in [0.25, 0.3) is 0 Å². The van der Waals surface area contributed by atoms with Crippen LogP contribution in [0.15, 0.2) is 47.4 Å². The summed E-state index contributed by atoms with van der Waals surface area (Å²) in [7, 11) is -3.83. The highest BCUT2D eigenvalue weighted by molar-refractivity contribution is 7.89. The molecule has 0 bridgehead atoms. The van der Waals surface area contributed by atoms with Crippen LogP contribution in [0.3, 0.4) is 0 Å². The van der Waals surface area contributed by atoms with E-state index in [1.165, 1.54) is 22.5 Å². The molecule has 5 nitrogen and oxygen atoms in total. The Morgan fingerprint density at radius 2 is 1.76 bits per heavy atom. The molecular weight excluding hydrogens is 350 g/mol. The van der Waals surface area contributed by atoms with E-state index in [1.807, 2.05) is 0 Å². The van der Waals surface area contributed by atoms with Crippen LogP contribution >= 0.6 is 0 Å². The van der Waals surface area contributed by atoms with E-state index in [0.717, 1.165) is 24.3 Å². The normalized spacial score (nSPS) is 11.6. The van der Waals surface area contributed by atoms with Crippen molar-refractivity contribution in [3.8, 4) is 0 Å². The summed E-state index contributed by atoms with van der Waals surface area (Å²) in [4.78, 5) is 12.1. The number of sulfonamides is 1. The molecule has 0 heterocycles. The third-order valence-electron chi connectivity index (χ3n) is 3.61. The molecule has 2 aromatic rings. The second-order valence-electron chi connectivity index (χ2n) is 5.20. The van der Waals surface area contributed by atoms with Gasteiger partial charge in [-0.2, -0.15) is 4.31 Å². The summed E-state index contributed by atoms with van der Waals surface area (Å²) in [6.45, 7) is 3.87. The summed E-state index contributed by atoms with van der Waals surface area (Å²) in [6, 6.07) is 8.13. The molecule has 0 spiro atoms. The van der Waals surface area contributed by atoms with Crippen molar-refractivity contribution < 1.29 is 22.0 Å². The van der Waals surface area contributed by atoms with Gasteiger partial charge in [0.25, 0.3) is 5.91 Å². The van der Waals surface area contributed by atoms with Crippen LogP contribution < -0.4 is 5.32 Å². The van der Waals surface area contributed by atoms with Gasteiger partial charge in [0.15, 0.2) is 0 Å². The highest BCUT2D eigenvalue weighted by Gasteiger charge is 2.24. The van der Waals surface area contributed by atoms with Crippen LogP contribution in [0.5, 0.6) is 0 Å². The van der Waals surface area contributed by atoms with E-state index in [-0.39, 0.29) is 23.7 Å². The van der Waals surface area contributed by atoms with E-state index in [9.17, 15) is 22.0 Å². The van der Waals surface area contributed by atoms with Gasteiger partial charge in [-0.05, 0) is 36.4 Å². The first-order valence-electron chi connectivity index (χ1n) is 7.66. The lowest BCUT2D eigenvalue weighted by molar-refractivity contribution is 0.102. The zero-order valence-corrected chi connectivity index (χ0v) is 14.6. The van der Waals surface area contributed by atoms with Crippen molar-refractivity contribution in [2.75, 3.05) is 18.4 Å². The second kappa shape index (κ2) is 7.71. The molecule has 2 aromatic carbocycles. The van der Waals surface area contributed by atoms with Crippen LogP contribution in [0, 0.1) is 11.6 Å². The quantitative estimate of drug-likeness (QED) is 0.851. The fourth-order valence-corrected chi connectivity index (χ4v) is 3.80. The molecule has 1 amide bonds. The maximum Gasteiger partial charge on any atom is 0.258 e. The third-order valence-corrected chi connectivity index (χ3v) is 5.65. The third kappa shape index (κ3) is 4.21. The zero-order chi connectivity index (χ0) is 18.6. The minimum absolute atomic E-state index is 0.140. The number of amides is 1. The Bertz CT molecular complexity index is 881. The first-order chi connectivity index (χ1) is 11.8. The Labute approximate surface area is 145 Å². The average molecular weight is 368 g/mol. The Hall–Kier alpha value is -2.32. The van der Waals surface area contributed by atoms with Crippen molar-refractivity contribution in [1.82, 2.24) is 4.31 Å². The fraction of sp³-hybridized carbons (Fsp3) is 0.235. The molecule has 134 valence electrons. The Morgan fingerprint density at radius 3 is 2.36 bits per heavy atom.